The van der Waals surface area contributed by atoms with E-state index < -0.39 is 5.97 Å². The smallest absolute Gasteiger partial charge is 0.323 e. The van der Waals surface area contributed by atoms with Crippen LogP contribution in [0.2, 0.25) is 0 Å². The number of hydrogen-bond donors (Lipinski definition) is 1. The summed E-state index contributed by atoms with van der Waals surface area (Å²) >= 11 is 1.44. The maximum Gasteiger partial charge on any atom is 0.323 e. The number of aromatic nitrogens is 1. The molecular weight excluding hydrogens is 340 g/mol. The van der Waals surface area contributed by atoms with Gasteiger partial charge in [-0.1, -0.05) is 17.7 Å². The molecule has 1 aromatic carbocycles. The van der Waals surface area contributed by atoms with E-state index in [2.05, 4.69) is 4.98 Å². The van der Waals surface area contributed by atoms with Gasteiger partial charge < -0.3 is 14.7 Å². The lowest BCUT2D eigenvalue weighted by Gasteiger charge is -2.19. The zero-order valence-corrected chi connectivity index (χ0v) is 14.8. The van der Waals surface area contributed by atoms with Gasteiger partial charge in [-0.05, 0) is 31.9 Å². The van der Waals surface area contributed by atoms with Crippen molar-refractivity contribution in [3.63, 3.8) is 0 Å². The van der Waals surface area contributed by atoms with Gasteiger partial charge in [0.2, 0.25) is 5.91 Å². The first kappa shape index (κ1) is 17.4. The molecule has 0 bridgehead atoms. The molecular formula is C18H20N2O4S. The summed E-state index contributed by atoms with van der Waals surface area (Å²) in [6.45, 7) is 2.13. The monoisotopic (exact) mass is 360 g/mol. The van der Waals surface area contributed by atoms with Crippen LogP contribution in [0, 0.1) is 6.92 Å². The second-order valence-electron chi connectivity index (χ2n) is 6.16. The topological polar surface area (TPSA) is 79.7 Å². The van der Waals surface area contributed by atoms with Crippen LogP contribution < -0.4 is 4.74 Å². The summed E-state index contributed by atoms with van der Waals surface area (Å²) in [7, 11) is 0. The molecule has 6 nitrogen and oxygen atoms in total. The molecule has 2 aromatic rings. The van der Waals surface area contributed by atoms with Crippen LogP contribution in [0.4, 0.5) is 0 Å². The van der Waals surface area contributed by atoms with E-state index in [1.54, 1.807) is 0 Å². The average Bonchev–Trinajstić information content (AvgIpc) is 3.32. The van der Waals surface area contributed by atoms with Gasteiger partial charge in [-0.3, -0.25) is 9.59 Å². The summed E-state index contributed by atoms with van der Waals surface area (Å²) in [6.07, 6.45) is 1.89. The molecule has 1 aliphatic rings. The zero-order valence-electron chi connectivity index (χ0n) is 14.0. The Morgan fingerprint density at radius 2 is 2.04 bits per heavy atom. The molecule has 3 rings (SSSR count). The van der Waals surface area contributed by atoms with E-state index in [1.807, 2.05) is 36.6 Å². The fraction of sp³-hybridized carbons (Fsp3) is 0.389. The fourth-order valence-corrected chi connectivity index (χ4v) is 3.19. The molecule has 1 saturated carbocycles. The van der Waals surface area contributed by atoms with Gasteiger partial charge in [0.15, 0.2) is 0 Å². The minimum absolute atomic E-state index is 0.0755. The molecule has 1 aliphatic carbocycles. The zero-order chi connectivity index (χ0) is 17.8. The summed E-state index contributed by atoms with van der Waals surface area (Å²) in [5.74, 6) is -0.383. The van der Waals surface area contributed by atoms with Crippen LogP contribution >= 0.6 is 11.3 Å². The maximum atomic E-state index is 12.3. The van der Waals surface area contributed by atoms with Crippen molar-refractivity contribution in [3.8, 4) is 5.75 Å². The van der Waals surface area contributed by atoms with Crippen LogP contribution in [0.25, 0.3) is 0 Å². The maximum absolute atomic E-state index is 12.3. The summed E-state index contributed by atoms with van der Waals surface area (Å²) < 4.78 is 5.69. The predicted molar refractivity (Wildman–Crippen MR) is 93.7 cm³/mol. The molecule has 0 unspecified atom stereocenters. The Kier molecular flexibility index (Phi) is 5.33. The normalized spacial score (nSPS) is 13.5. The van der Waals surface area contributed by atoms with Gasteiger partial charge in [0.05, 0.1) is 12.1 Å². The summed E-state index contributed by atoms with van der Waals surface area (Å²) in [5.41, 5.74) is 1.83. The Morgan fingerprint density at radius 1 is 1.32 bits per heavy atom. The molecule has 1 amide bonds. The number of hydrogen-bond acceptors (Lipinski definition) is 5. The fourth-order valence-electron chi connectivity index (χ4n) is 2.49. The Hall–Kier alpha value is -2.41. The Bertz CT molecular complexity index is 753. The predicted octanol–water partition coefficient (Wildman–Crippen LogP) is 2.65. The molecule has 0 radical (unpaired) electrons. The van der Waals surface area contributed by atoms with E-state index in [1.165, 1.54) is 21.8 Å². The number of carbonyl (C=O) groups excluding carboxylic acids is 1. The molecule has 0 aliphatic heterocycles. The number of amides is 1. The highest BCUT2D eigenvalue weighted by Gasteiger charge is 2.33. The molecule has 1 aromatic heterocycles. The quantitative estimate of drug-likeness (QED) is 0.783. The van der Waals surface area contributed by atoms with Crippen molar-refractivity contribution in [2.45, 2.75) is 38.8 Å². The van der Waals surface area contributed by atoms with E-state index in [4.69, 9.17) is 9.84 Å². The van der Waals surface area contributed by atoms with Crippen LogP contribution in [0.1, 0.15) is 29.1 Å². The number of nitrogens with zero attached hydrogens (tertiary/aromatic N) is 2. The van der Waals surface area contributed by atoms with Gasteiger partial charge in [0, 0.05) is 11.4 Å². The largest absolute Gasteiger partial charge is 0.486 e. The van der Waals surface area contributed by atoms with E-state index in [-0.39, 0.29) is 24.9 Å². The molecule has 0 atom stereocenters. The second kappa shape index (κ2) is 7.65. The van der Waals surface area contributed by atoms with Crippen molar-refractivity contribution < 1.29 is 19.4 Å². The minimum atomic E-state index is -0.981. The number of thiazole rings is 1. The standard InChI is InChI=1S/C18H20N2O4S/c1-12-2-6-15(7-3-12)24-10-16-19-13(11-25-16)8-17(21)20(9-18(22)23)14-4-5-14/h2-3,6-7,11,14H,4-5,8-10H2,1H3,(H,22,23). The highest BCUT2D eigenvalue weighted by atomic mass is 32.1. The third kappa shape index (κ3) is 5.03. The van der Waals surface area contributed by atoms with Crippen molar-refractivity contribution in [1.82, 2.24) is 9.88 Å². The minimum Gasteiger partial charge on any atom is -0.486 e. The molecule has 25 heavy (non-hydrogen) atoms. The first-order valence-electron chi connectivity index (χ1n) is 8.15. The summed E-state index contributed by atoms with van der Waals surface area (Å²) in [4.78, 5) is 29.1. The number of aryl methyl sites for hydroxylation is 1. The SMILES string of the molecule is Cc1ccc(OCc2nc(CC(=O)N(CC(=O)O)C3CC3)cs2)cc1. The van der Waals surface area contributed by atoms with Crippen LogP contribution in [0.15, 0.2) is 29.6 Å². The van der Waals surface area contributed by atoms with Crippen LogP contribution in [-0.4, -0.2) is 39.5 Å². The molecule has 132 valence electrons. The average molecular weight is 360 g/mol. The molecule has 1 N–H and O–H groups in total. The van der Waals surface area contributed by atoms with Crippen molar-refractivity contribution in [3.05, 3.63) is 45.9 Å². The first-order chi connectivity index (χ1) is 12.0. The number of rotatable bonds is 8. The number of carboxylic acids is 1. The molecule has 0 spiro atoms. The highest BCUT2D eigenvalue weighted by Crippen LogP contribution is 2.27. The molecule has 7 heteroatoms. The van der Waals surface area contributed by atoms with Gasteiger partial charge in [-0.2, -0.15) is 0 Å². The van der Waals surface area contributed by atoms with Crippen molar-refractivity contribution in [2.24, 2.45) is 0 Å². The lowest BCUT2D eigenvalue weighted by Crippen LogP contribution is -2.38. The number of benzene rings is 1. The van der Waals surface area contributed by atoms with E-state index in [0.29, 0.717) is 12.3 Å². The summed E-state index contributed by atoms with van der Waals surface area (Å²) in [5, 5.41) is 11.6. The first-order valence-corrected chi connectivity index (χ1v) is 9.03. The Morgan fingerprint density at radius 3 is 2.68 bits per heavy atom. The van der Waals surface area contributed by atoms with Gasteiger partial charge in [0.25, 0.3) is 0 Å². The number of carbonyl (C=O) groups is 2. The molecule has 1 fully saturated rings. The number of aliphatic carboxylic acids is 1. The number of carboxylic acid groups (broad SMARTS) is 1. The van der Waals surface area contributed by atoms with E-state index in [9.17, 15) is 9.59 Å². The third-order valence-corrected chi connectivity index (χ3v) is 4.80. The van der Waals surface area contributed by atoms with Crippen molar-refractivity contribution in [1.29, 1.82) is 0 Å². The van der Waals surface area contributed by atoms with Crippen molar-refractivity contribution in [2.75, 3.05) is 6.54 Å². The molecule has 1 heterocycles. The van der Waals surface area contributed by atoms with E-state index in [0.717, 1.165) is 23.6 Å². The molecule has 0 saturated heterocycles. The van der Waals surface area contributed by atoms with Crippen LogP contribution in [-0.2, 0) is 22.6 Å². The second-order valence-corrected chi connectivity index (χ2v) is 7.10. The van der Waals surface area contributed by atoms with Gasteiger partial charge in [-0.15, -0.1) is 11.3 Å². The van der Waals surface area contributed by atoms with Crippen LogP contribution in [0.5, 0.6) is 5.75 Å². The summed E-state index contributed by atoms with van der Waals surface area (Å²) in [6, 6.07) is 7.86. The van der Waals surface area contributed by atoms with Gasteiger partial charge in [0.1, 0.15) is 23.9 Å². The van der Waals surface area contributed by atoms with E-state index >= 15 is 0 Å². The van der Waals surface area contributed by atoms with Gasteiger partial charge >= 0.3 is 5.97 Å². The lowest BCUT2D eigenvalue weighted by molar-refractivity contribution is -0.144. The van der Waals surface area contributed by atoms with Crippen LogP contribution in [0.3, 0.4) is 0 Å². The lowest BCUT2D eigenvalue weighted by atomic mass is 10.2. The van der Waals surface area contributed by atoms with Crippen molar-refractivity contribution >= 4 is 23.2 Å². The Balaban J connectivity index is 1.54. The number of ether oxygens (including phenoxy) is 1. The third-order valence-electron chi connectivity index (χ3n) is 3.93. The highest BCUT2D eigenvalue weighted by molar-refractivity contribution is 7.09. The van der Waals surface area contributed by atoms with Gasteiger partial charge in [-0.25, -0.2) is 4.98 Å². The Labute approximate surface area is 150 Å².